The molecule has 0 aliphatic rings. The van der Waals surface area contributed by atoms with Crippen molar-refractivity contribution in [1.29, 1.82) is 0 Å². The molecule has 0 heterocycles. The van der Waals surface area contributed by atoms with Gasteiger partial charge in [0.05, 0.1) is 0 Å². The van der Waals surface area contributed by atoms with E-state index in [1.807, 2.05) is 6.07 Å². The van der Waals surface area contributed by atoms with E-state index in [1.54, 1.807) is 18.2 Å². The summed E-state index contributed by atoms with van der Waals surface area (Å²) in [6, 6.07) is 6.59. The molecule has 27 heavy (non-hydrogen) atoms. The standard InChI is InChI=1S/C22H39NO3S/c1-2-3-4-5-6-7-8-9-10-11-12-13-14-18-21(23-27(25)26)20-17-15-16-19-22(20)24/h15-17,19,21,23-24H,2-14,18H2,1H3,(H,25,26)/p-1. The predicted molar refractivity (Wildman–Crippen MR) is 113 cm³/mol. The van der Waals surface area contributed by atoms with Crippen LogP contribution in [0.2, 0.25) is 0 Å². The van der Waals surface area contributed by atoms with Gasteiger partial charge in [0.1, 0.15) is 5.75 Å². The van der Waals surface area contributed by atoms with Gasteiger partial charge in [0.25, 0.3) is 0 Å². The summed E-state index contributed by atoms with van der Waals surface area (Å²) >= 11 is -2.33. The van der Waals surface area contributed by atoms with Crippen LogP contribution < -0.4 is 4.72 Å². The summed E-state index contributed by atoms with van der Waals surface area (Å²) in [7, 11) is 0. The highest BCUT2D eigenvalue weighted by Gasteiger charge is 2.14. The van der Waals surface area contributed by atoms with Gasteiger partial charge in [-0.1, -0.05) is 109 Å². The second-order valence-corrected chi connectivity index (χ2v) is 8.20. The molecule has 0 amide bonds. The van der Waals surface area contributed by atoms with Crippen LogP contribution in [0.25, 0.3) is 0 Å². The van der Waals surface area contributed by atoms with Crippen LogP contribution in [0.15, 0.2) is 24.3 Å². The molecule has 0 aliphatic carbocycles. The molecule has 1 rings (SSSR count). The maximum Gasteiger partial charge on any atom is 0.120 e. The summed E-state index contributed by atoms with van der Waals surface area (Å²) in [4.78, 5) is 0. The average molecular weight is 397 g/mol. The van der Waals surface area contributed by atoms with E-state index in [0.717, 1.165) is 12.8 Å². The van der Waals surface area contributed by atoms with Crippen LogP contribution >= 0.6 is 0 Å². The zero-order valence-corrected chi connectivity index (χ0v) is 17.8. The zero-order chi connectivity index (χ0) is 19.7. The summed E-state index contributed by atoms with van der Waals surface area (Å²) < 4.78 is 24.6. The first-order valence-corrected chi connectivity index (χ1v) is 11.9. The Labute approximate surface area is 168 Å². The van der Waals surface area contributed by atoms with Gasteiger partial charge < -0.3 is 9.66 Å². The number of nitrogens with one attached hydrogen (secondary N) is 1. The molecule has 5 heteroatoms. The lowest BCUT2D eigenvalue weighted by atomic mass is 9.99. The van der Waals surface area contributed by atoms with Crippen molar-refractivity contribution in [3.05, 3.63) is 29.8 Å². The van der Waals surface area contributed by atoms with E-state index in [-0.39, 0.29) is 11.8 Å². The van der Waals surface area contributed by atoms with Crippen LogP contribution in [0.3, 0.4) is 0 Å². The minimum absolute atomic E-state index is 0.148. The Morgan fingerprint density at radius 3 is 1.85 bits per heavy atom. The number of unbranched alkanes of at least 4 members (excludes halogenated alkanes) is 12. The normalized spacial score (nSPS) is 13.6. The molecule has 0 saturated carbocycles. The van der Waals surface area contributed by atoms with Gasteiger partial charge in [-0.2, -0.15) is 0 Å². The van der Waals surface area contributed by atoms with Gasteiger partial charge in [-0.25, -0.2) is 4.72 Å². The fourth-order valence-corrected chi connectivity index (χ4v) is 4.02. The van der Waals surface area contributed by atoms with Crippen LogP contribution in [0, 0.1) is 0 Å². The van der Waals surface area contributed by atoms with E-state index in [9.17, 15) is 13.9 Å². The summed E-state index contributed by atoms with van der Waals surface area (Å²) in [5.41, 5.74) is 0.653. The quantitative estimate of drug-likeness (QED) is 0.240. The SMILES string of the molecule is CCCCCCCCCCCCCCCC(NS(=O)[O-])c1ccccc1O. The molecule has 1 aromatic rings. The van der Waals surface area contributed by atoms with E-state index in [4.69, 9.17) is 0 Å². The molecule has 0 spiro atoms. The molecule has 1 aromatic carbocycles. The molecule has 156 valence electrons. The molecule has 0 aromatic heterocycles. The molecule has 0 aliphatic heterocycles. The highest BCUT2D eigenvalue weighted by molar-refractivity contribution is 7.77. The average Bonchev–Trinajstić information content (AvgIpc) is 2.64. The molecule has 0 fully saturated rings. The lowest BCUT2D eigenvalue weighted by Gasteiger charge is -2.21. The molecule has 0 bridgehead atoms. The molecule has 2 N–H and O–H groups in total. The summed E-state index contributed by atoms with van der Waals surface area (Å²) in [5, 5.41) is 9.96. The molecule has 4 nitrogen and oxygen atoms in total. The topological polar surface area (TPSA) is 72.4 Å². The lowest BCUT2D eigenvalue weighted by Crippen LogP contribution is -2.23. The summed E-state index contributed by atoms with van der Waals surface area (Å²) in [5.74, 6) is 0.148. The molecule has 0 saturated heterocycles. The minimum atomic E-state index is -2.33. The van der Waals surface area contributed by atoms with Crippen molar-refractivity contribution >= 4 is 11.3 Å². The number of para-hydroxylation sites is 1. The number of hydrogen-bond acceptors (Lipinski definition) is 3. The van der Waals surface area contributed by atoms with Crippen molar-refractivity contribution in [2.75, 3.05) is 0 Å². The monoisotopic (exact) mass is 396 g/mol. The largest absolute Gasteiger partial charge is 0.760 e. The fraction of sp³-hybridized carbons (Fsp3) is 0.727. The van der Waals surface area contributed by atoms with Crippen molar-refractivity contribution in [3.63, 3.8) is 0 Å². The second kappa shape index (κ2) is 16.1. The molecule has 0 radical (unpaired) electrons. The van der Waals surface area contributed by atoms with Crippen molar-refractivity contribution in [2.24, 2.45) is 0 Å². The zero-order valence-electron chi connectivity index (χ0n) is 17.0. The van der Waals surface area contributed by atoms with E-state index in [1.165, 1.54) is 70.6 Å². The summed E-state index contributed by atoms with van der Waals surface area (Å²) in [6.07, 6.45) is 17.5. The van der Waals surface area contributed by atoms with E-state index in [0.29, 0.717) is 12.0 Å². The number of hydrogen-bond donors (Lipinski definition) is 2. The Hall–Kier alpha value is -0.910. The molecular weight excluding hydrogens is 358 g/mol. The van der Waals surface area contributed by atoms with Gasteiger partial charge in [-0.15, -0.1) is 0 Å². The third-order valence-electron chi connectivity index (χ3n) is 5.15. The molecule has 2 unspecified atom stereocenters. The third kappa shape index (κ3) is 12.2. The van der Waals surface area contributed by atoms with Gasteiger partial charge >= 0.3 is 0 Å². The first-order chi connectivity index (χ1) is 13.1. The van der Waals surface area contributed by atoms with Crippen molar-refractivity contribution < 1.29 is 13.9 Å². The van der Waals surface area contributed by atoms with Crippen LogP contribution in [0.4, 0.5) is 0 Å². The van der Waals surface area contributed by atoms with Crippen molar-refractivity contribution in [2.45, 2.75) is 103 Å². The fourth-order valence-electron chi connectivity index (χ4n) is 3.54. The maximum atomic E-state index is 11.0. The predicted octanol–water partition coefficient (Wildman–Crippen LogP) is 6.30. The lowest BCUT2D eigenvalue weighted by molar-refractivity contribution is 0.440. The molecular formula is C22H38NO3S-. The van der Waals surface area contributed by atoms with Gasteiger partial charge in [0.2, 0.25) is 0 Å². The van der Waals surface area contributed by atoms with Crippen LogP contribution in [-0.2, 0) is 11.3 Å². The first kappa shape index (κ1) is 24.1. The van der Waals surface area contributed by atoms with Crippen LogP contribution in [0.1, 0.15) is 108 Å². The number of phenols is 1. The van der Waals surface area contributed by atoms with Gasteiger partial charge in [0.15, 0.2) is 0 Å². The van der Waals surface area contributed by atoms with Crippen molar-refractivity contribution in [1.82, 2.24) is 4.72 Å². The Morgan fingerprint density at radius 1 is 0.889 bits per heavy atom. The number of aromatic hydroxyl groups is 1. The molecule has 2 atom stereocenters. The Morgan fingerprint density at radius 2 is 1.37 bits per heavy atom. The van der Waals surface area contributed by atoms with E-state index in [2.05, 4.69) is 11.6 Å². The number of phenolic OH excluding ortho intramolecular Hbond substituents is 1. The minimum Gasteiger partial charge on any atom is -0.760 e. The highest BCUT2D eigenvalue weighted by Crippen LogP contribution is 2.28. The van der Waals surface area contributed by atoms with Crippen LogP contribution in [-0.4, -0.2) is 13.9 Å². The van der Waals surface area contributed by atoms with Gasteiger partial charge in [-0.05, 0) is 12.5 Å². The highest BCUT2D eigenvalue weighted by atomic mass is 32.2. The third-order valence-corrected chi connectivity index (χ3v) is 5.62. The smallest absolute Gasteiger partial charge is 0.120 e. The Bertz CT molecular complexity index is 510. The van der Waals surface area contributed by atoms with E-state index < -0.39 is 11.3 Å². The van der Waals surface area contributed by atoms with E-state index >= 15 is 0 Å². The first-order valence-electron chi connectivity index (χ1n) is 10.8. The van der Waals surface area contributed by atoms with Crippen molar-refractivity contribution in [3.8, 4) is 5.75 Å². The van der Waals surface area contributed by atoms with Gasteiger partial charge in [-0.3, -0.25) is 4.21 Å². The number of benzene rings is 1. The number of rotatable bonds is 17. The van der Waals surface area contributed by atoms with Gasteiger partial charge in [0, 0.05) is 22.9 Å². The maximum absolute atomic E-state index is 11.0. The Kier molecular flexibility index (Phi) is 14.4. The summed E-state index contributed by atoms with van der Waals surface area (Å²) in [6.45, 7) is 2.26. The van der Waals surface area contributed by atoms with Crippen LogP contribution in [0.5, 0.6) is 5.75 Å². The Balaban J connectivity index is 2.08. The second-order valence-electron chi connectivity index (χ2n) is 7.50.